The Kier molecular flexibility index (Phi) is 3.95. The summed E-state index contributed by atoms with van der Waals surface area (Å²) in [5, 5.41) is 14.1. The van der Waals surface area contributed by atoms with Gasteiger partial charge in [-0.1, -0.05) is 54.6 Å². The predicted octanol–water partition coefficient (Wildman–Crippen LogP) is 3.99. The molecule has 7 nitrogen and oxygen atoms in total. The minimum atomic E-state index is 0.563. The van der Waals surface area contributed by atoms with Crippen LogP contribution in [0.3, 0.4) is 0 Å². The number of pyridine rings is 1. The first-order chi connectivity index (χ1) is 13.9. The minimum absolute atomic E-state index is 0.563. The average Bonchev–Trinajstić information content (AvgIpc) is 3.46. The van der Waals surface area contributed by atoms with Crippen molar-refractivity contribution in [1.82, 2.24) is 35.6 Å². The summed E-state index contributed by atoms with van der Waals surface area (Å²) in [5.41, 5.74) is 5.78. The van der Waals surface area contributed by atoms with Crippen LogP contribution in [0.4, 0.5) is 0 Å². The molecule has 0 fully saturated rings. The van der Waals surface area contributed by atoms with Crippen molar-refractivity contribution in [2.45, 2.75) is 0 Å². The van der Waals surface area contributed by atoms with Gasteiger partial charge in [0.1, 0.15) is 5.82 Å². The molecule has 0 unspecified atom stereocenters. The zero-order valence-electron chi connectivity index (χ0n) is 14.7. The number of aromatic nitrogens is 7. The molecular weight excluding hydrogens is 350 g/mol. The van der Waals surface area contributed by atoms with Crippen LogP contribution in [0, 0.1) is 0 Å². The second-order valence-corrected chi connectivity index (χ2v) is 6.22. The van der Waals surface area contributed by atoms with Crippen LogP contribution in [-0.2, 0) is 0 Å². The van der Waals surface area contributed by atoms with Crippen molar-refractivity contribution >= 4 is 0 Å². The maximum Gasteiger partial charge on any atom is 0.204 e. The first-order valence-electron chi connectivity index (χ1n) is 8.78. The number of hydrogen-bond donors (Lipinski definition) is 2. The third kappa shape index (κ3) is 2.95. The van der Waals surface area contributed by atoms with Crippen molar-refractivity contribution in [3.05, 3.63) is 79.1 Å². The van der Waals surface area contributed by atoms with E-state index in [4.69, 9.17) is 4.98 Å². The fourth-order valence-electron chi connectivity index (χ4n) is 3.10. The number of H-pyrrole nitrogens is 2. The molecule has 2 aromatic carbocycles. The maximum absolute atomic E-state index is 4.89. The van der Waals surface area contributed by atoms with Crippen LogP contribution in [0.25, 0.3) is 45.3 Å². The van der Waals surface area contributed by atoms with Crippen LogP contribution in [-0.4, -0.2) is 35.6 Å². The smallest absolute Gasteiger partial charge is 0.204 e. The number of imidazole rings is 1. The van der Waals surface area contributed by atoms with Crippen molar-refractivity contribution in [2.75, 3.05) is 0 Å². The molecule has 3 heterocycles. The number of rotatable bonds is 4. The summed E-state index contributed by atoms with van der Waals surface area (Å²) >= 11 is 0. The third-order valence-corrected chi connectivity index (χ3v) is 4.48. The molecule has 2 N–H and O–H groups in total. The fraction of sp³-hybridized carbons (Fsp3) is 0. The highest BCUT2D eigenvalue weighted by Gasteiger charge is 2.15. The van der Waals surface area contributed by atoms with Crippen molar-refractivity contribution in [1.29, 1.82) is 0 Å². The molecule has 5 aromatic rings. The predicted molar refractivity (Wildman–Crippen MR) is 106 cm³/mol. The van der Waals surface area contributed by atoms with E-state index in [0.717, 1.165) is 39.5 Å². The summed E-state index contributed by atoms with van der Waals surface area (Å²) in [6, 6.07) is 22.0. The van der Waals surface area contributed by atoms with E-state index >= 15 is 0 Å². The highest BCUT2D eigenvalue weighted by Crippen LogP contribution is 2.33. The number of aromatic amines is 2. The Bertz CT molecular complexity index is 1180. The SMILES string of the molecule is c1ccc(-c2nc(-c3ccc(-c4nn[nH]n4)cc3)c(-c3ccncc3)[nH]2)cc1. The van der Waals surface area contributed by atoms with Gasteiger partial charge in [-0.15, -0.1) is 10.2 Å². The topological polar surface area (TPSA) is 96.0 Å². The van der Waals surface area contributed by atoms with Crippen LogP contribution in [0.1, 0.15) is 0 Å². The van der Waals surface area contributed by atoms with Gasteiger partial charge >= 0.3 is 0 Å². The Morgan fingerprint density at radius 2 is 1.43 bits per heavy atom. The van der Waals surface area contributed by atoms with Gasteiger partial charge in [-0.2, -0.15) is 5.21 Å². The summed E-state index contributed by atoms with van der Waals surface area (Å²) in [5.74, 6) is 1.39. The van der Waals surface area contributed by atoms with E-state index < -0.39 is 0 Å². The molecular formula is C21H15N7. The van der Waals surface area contributed by atoms with Gasteiger partial charge in [-0.3, -0.25) is 4.98 Å². The van der Waals surface area contributed by atoms with Crippen LogP contribution in [0.5, 0.6) is 0 Å². The first kappa shape index (κ1) is 16.1. The largest absolute Gasteiger partial charge is 0.337 e. The minimum Gasteiger partial charge on any atom is -0.337 e. The van der Waals surface area contributed by atoms with Gasteiger partial charge in [0.05, 0.1) is 11.4 Å². The molecule has 0 aliphatic heterocycles. The lowest BCUT2D eigenvalue weighted by atomic mass is 10.0. The summed E-state index contributed by atoms with van der Waals surface area (Å²) in [4.78, 5) is 12.5. The maximum atomic E-state index is 4.89. The number of benzene rings is 2. The first-order valence-corrected chi connectivity index (χ1v) is 8.78. The quantitative estimate of drug-likeness (QED) is 0.502. The standard InChI is InChI=1S/C21H15N7/c1-2-4-16(5-3-1)20-23-18(19(24-20)15-10-12-22-13-11-15)14-6-8-17(9-7-14)21-25-27-28-26-21/h1-13H,(H,23,24)(H,25,26,27,28). The molecule has 0 saturated carbocycles. The van der Waals surface area contributed by atoms with Gasteiger partial charge < -0.3 is 4.98 Å². The molecule has 0 aliphatic carbocycles. The molecule has 3 aromatic heterocycles. The highest BCUT2D eigenvalue weighted by atomic mass is 15.5. The van der Waals surface area contributed by atoms with Crippen molar-refractivity contribution in [3.8, 4) is 45.3 Å². The highest BCUT2D eigenvalue weighted by molar-refractivity contribution is 5.81. The molecule has 0 atom stereocenters. The van der Waals surface area contributed by atoms with Gasteiger partial charge in [0.25, 0.3) is 0 Å². The monoisotopic (exact) mass is 365 g/mol. The Morgan fingerprint density at radius 3 is 2.14 bits per heavy atom. The van der Waals surface area contributed by atoms with Gasteiger partial charge in [-0.25, -0.2) is 4.98 Å². The summed E-state index contributed by atoms with van der Waals surface area (Å²) < 4.78 is 0. The summed E-state index contributed by atoms with van der Waals surface area (Å²) in [6.45, 7) is 0. The average molecular weight is 365 g/mol. The summed E-state index contributed by atoms with van der Waals surface area (Å²) in [7, 11) is 0. The molecule has 5 rings (SSSR count). The fourth-order valence-corrected chi connectivity index (χ4v) is 3.10. The lowest BCUT2D eigenvalue weighted by molar-refractivity contribution is 0.881. The lowest BCUT2D eigenvalue weighted by Gasteiger charge is -2.03. The number of hydrogen-bond acceptors (Lipinski definition) is 5. The van der Waals surface area contributed by atoms with Crippen molar-refractivity contribution < 1.29 is 0 Å². The normalized spacial score (nSPS) is 10.9. The zero-order chi connectivity index (χ0) is 18.8. The van der Waals surface area contributed by atoms with Gasteiger partial charge in [0, 0.05) is 34.6 Å². The Morgan fingerprint density at radius 1 is 0.679 bits per heavy atom. The molecule has 7 heteroatoms. The number of tetrazole rings is 1. The van der Waals surface area contributed by atoms with E-state index in [9.17, 15) is 0 Å². The zero-order valence-corrected chi connectivity index (χ0v) is 14.7. The van der Waals surface area contributed by atoms with E-state index in [0.29, 0.717) is 5.82 Å². The second-order valence-electron chi connectivity index (χ2n) is 6.22. The molecule has 0 spiro atoms. The van der Waals surface area contributed by atoms with Gasteiger partial charge in [-0.05, 0) is 17.3 Å². The van der Waals surface area contributed by atoms with E-state index in [-0.39, 0.29) is 0 Å². The molecule has 0 amide bonds. The Balaban J connectivity index is 1.62. The van der Waals surface area contributed by atoms with E-state index in [1.165, 1.54) is 0 Å². The molecule has 0 bridgehead atoms. The number of nitrogens with zero attached hydrogens (tertiary/aromatic N) is 5. The van der Waals surface area contributed by atoms with Crippen LogP contribution in [0.15, 0.2) is 79.1 Å². The Hall–Kier alpha value is -4.13. The molecule has 28 heavy (non-hydrogen) atoms. The van der Waals surface area contributed by atoms with Gasteiger partial charge in [0.15, 0.2) is 0 Å². The Labute approximate surface area is 160 Å². The molecule has 134 valence electrons. The second kappa shape index (κ2) is 6.88. The van der Waals surface area contributed by atoms with Crippen LogP contribution < -0.4 is 0 Å². The molecule has 0 saturated heterocycles. The third-order valence-electron chi connectivity index (χ3n) is 4.48. The van der Waals surface area contributed by atoms with E-state index in [1.54, 1.807) is 12.4 Å². The van der Waals surface area contributed by atoms with Crippen molar-refractivity contribution in [2.24, 2.45) is 0 Å². The van der Waals surface area contributed by atoms with Crippen LogP contribution in [0.2, 0.25) is 0 Å². The van der Waals surface area contributed by atoms with Gasteiger partial charge in [0.2, 0.25) is 5.82 Å². The van der Waals surface area contributed by atoms with Crippen LogP contribution >= 0.6 is 0 Å². The number of nitrogens with one attached hydrogen (secondary N) is 2. The van der Waals surface area contributed by atoms with E-state index in [1.807, 2.05) is 66.7 Å². The summed E-state index contributed by atoms with van der Waals surface area (Å²) in [6.07, 6.45) is 3.56. The molecule has 0 aliphatic rings. The lowest BCUT2D eigenvalue weighted by Crippen LogP contribution is -1.86. The van der Waals surface area contributed by atoms with E-state index in [2.05, 4.69) is 30.6 Å². The molecule has 0 radical (unpaired) electrons. The van der Waals surface area contributed by atoms with Crippen molar-refractivity contribution in [3.63, 3.8) is 0 Å².